The molecule has 0 bridgehead atoms. The Balaban J connectivity index is 2.50. The first kappa shape index (κ1) is 12.3. The number of amides is 1. The molecule has 0 spiro atoms. The smallest absolute Gasteiger partial charge is 0.251 e. The van der Waals surface area contributed by atoms with Crippen molar-refractivity contribution in [3.05, 3.63) is 23.8 Å². The summed E-state index contributed by atoms with van der Waals surface area (Å²) >= 11 is 0. The summed E-state index contributed by atoms with van der Waals surface area (Å²) in [5.41, 5.74) is 0.313. The molecule has 0 saturated carbocycles. The normalized spacial score (nSPS) is 10.1. The lowest BCUT2D eigenvalue weighted by Gasteiger charge is -2.05. The van der Waals surface area contributed by atoms with Gasteiger partial charge in [0.1, 0.15) is 0 Å². The third kappa shape index (κ3) is 3.43. The fraction of sp³-hybridized carbons (Fsp3) is 0.364. The Labute approximate surface area is 93.7 Å². The molecule has 5 heteroatoms. The van der Waals surface area contributed by atoms with E-state index in [1.165, 1.54) is 18.2 Å². The number of aromatic hydroxyl groups is 2. The number of carbonyl (C=O) groups is 1. The maximum atomic E-state index is 11.5. The summed E-state index contributed by atoms with van der Waals surface area (Å²) in [6, 6.07) is 3.95. The fourth-order valence-electron chi connectivity index (χ4n) is 1.19. The number of phenols is 2. The maximum absolute atomic E-state index is 11.5. The first-order chi connectivity index (χ1) is 7.65. The Morgan fingerprint density at radius 3 is 2.75 bits per heavy atom. The molecule has 0 aliphatic heterocycles. The Morgan fingerprint density at radius 2 is 2.12 bits per heavy atom. The molecule has 16 heavy (non-hydrogen) atoms. The zero-order valence-corrected chi connectivity index (χ0v) is 9.06. The molecule has 0 fully saturated rings. The number of ether oxygens (including phenoxy) is 1. The van der Waals surface area contributed by atoms with Crippen LogP contribution in [-0.2, 0) is 4.74 Å². The van der Waals surface area contributed by atoms with E-state index in [1.807, 2.05) is 0 Å². The summed E-state index contributed by atoms with van der Waals surface area (Å²) in [4.78, 5) is 11.5. The van der Waals surface area contributed by atoms with E-state index in [1.54, 1.807) is 7.11 Å². The highest BCUT2D eigenvalue weighted by molar-refractivity contribution is 5.94. The molecule has 0 unspecified atom stereocenters. The highest BCUT2D eigenvalue weighted by Gasteiger charge is 2.07. The lowest BCUT2D eigenvalue weighted by atomic mass is 10.2. The SMILES string of the molecule is COCCCNC(=O)c1ccc(O)c(O)c1. The minimum Gasteiger partial charge on any atom is -0.504 e. The van der Waals surface area contributed by atoms with Gasteiger partial charge in [-0.05, 0) is 24.6 Å². The Morgan fingerprint density at radius 1 is 1.38 bits per heavy atom. The van der Waals surface area contributed by atoms with Gasteiger partial charge in [-0.1, -0.05) is 0 Å². The zero-order chi connectivity index (χ0) is 12.0. The Kier molecular flexibility index (Phi) is 4.60. The Bertz CT molecular complexity index is 365. The second-order valence-corrected chi connectivity index (χ2v) is 3.31. The third-order valence-electron chi connectivity index (χ3n) is 2.05. The van der Waals surface area contributed by atoms with Crippen LogP contribution in [0.1, 0.15) is 16.8 Å². The van der Waals surface area contributed by atoms with Crippen molar-refractivity contribution < 1.29 is 19.7 Å². The minimum atomic E-state index is -0.301. The van der Waals surface area contributed by atoms with Crippen molar-refractivity contribution in [2.24, 2.45) is 0 Å². The van der Waals surface area contributed by atoms with E-state index in [2.05, 4.69) is 5.32 Å². The molecule has 0 radical (unpaired) electrons. The molecule has 0 aliphatic carbocycles. The molecular formula is C11H15NO4. The van der Waals surface area contributed by atoms with Crippen LogP contribution < -0.4 is 5.32 Å². The van der Waals surface area contributed by atoms with E-state index >= 15 is 0 Å². The second kappa shape index (κ2) is 5.97. The van der Waals surface area contributed by atoms with E-state index < -0.39 is 0 Å². The van der Waals surface area contributed by atoms with Crippen molar-refractivity contribution in [3.8, 4) is 11.5 Å². The summed E-state index contributed by atoms with van der Waals surface area (Å²) in [5.74, 6) is -0.827. The van der Waals surface area contributed by atoms with Crippen LogP contribution in [-0.4, -0.2) is 36.4 Å². The number of methoxy groups -OCH3 is 1. The van der Waals surface area contributed by atoms with Crippen LogP contribution in [0.5, 0.6) is 11.5 Å². The molecule has 5 nitrogen and oxygen atoms in total. The molecule has 1 rings (SSSR count). The minimum absolute atomic E-state index is 0.240. The van der Waals surface area contributed by atoms with Crippen LogP contribution in [0.4, 0.5) is 0 Å². The van der Waals surface area contributed by atoms with E-state index in [0.29, 0.717) is 18.7 Å². The van der Waals surface area contributed by atoms with Gasteiger partial charge in [-0.2, -0.15) is 0 Å². The third-order valence-corrected chi connectivity index (χ3v) is 2.05. The first-order valence-corrected chi connectivity index (χ1v) is 4.94. The van der Waals surface area contributed by atoms with Crippen LogP contribution in [0.3, 0.4) is 0 Å². The van der Waals surface area contributed by atoms with Crippen molar-refractivity contribution in [2.45, 2.75) is 6.42 Å². The van der Waals surface area contributed by atoms with Crippen LogP contribution in [0.15, 0.2) is 18.2 Å². The van der Waals surface area contributed by atoms with E-state index in [9.17, 15) is 9.90 Å². The quantitative estimate of drug-likeness (QED) is 0.513. The van der Waals surface area contributed by atoms with Crippen molar-refractivity contribution in [2.75, 3.05) is 20.3 Å². The molecule has 3 N–H and O–H groups in total. The molecule has 0 atom stereocenters. The van der Waals surface area contributed by atoms with Crippen LogP contribution >= 0.6 is 0 Å². The van der Waals surface area contributed by atoms with Crippen LogP contribution in [0.2, 0.25) is 0 Å². The molecule has 0 heterocycles. The largest absolute Gasteiger partial charge is 0.504 e. The average molecular weight is 225 g/mol. The molecule has 1 aromatic carbocycles. The second-order valence-electron chi connectivity index (χ2n) is 3.31. The van der Waals surface area contributed by atoms with Gasteiger partial charge in [0.2, 0.25) is 0 Å². The van der Waals surface area contributed by atoms with Gasteiger partial charge in [0, 0.05) is 25.8 Å². The van der Waals surface area contributed by atoms with Gasteiger partial charge in [-0.3, -0.25) is 4.79 Å². The topological polar surface area (TPSA) is 78.8 Å². The van der Waals surface area contributed by atoms with Gasteiger partial charge >= 0.3 is 0 Å². The predicted molar refractivity (Wildman–Crippen MR) is 58.6 cm³/mol. The van der Waals surface area contributed by atoms with Crippen molar-refractivity contribution in [3.63, 3.8) is 0 Å². The maximum Gasteiger partial charge on any atom is 0.251 e. The molecule has 88 valence electrons. The lowest BCUT2D eigenvalue weighted by Crippen LogP contribution is -2.25. The zero-order valence-electron chi connectivity index (χ0n) is 9.06. The van der Waals surface area contributed by atoms with E-state index in [-0.39, 0.29) is 17.4 Å². The predicted octanol–water partition coefficient (Wildman–Crippen LogP) is 0.864. The highest BCUT2D eigenvalue weighted by atomic mass is 16.5. The summed E-state index contributed by atoms with van der Waals surface area (Å²) in [5, 5.41) is 21.0. The van der Waals surface area contributed by atoms with E-state index in [4.69, 9.17) is 9.84 Å². The number of benzene rings is 1. The average Bonchev–Trinajstić information content (AvgIpc) is 2.28. The number of carbonyl (C=O) groups excluding carboxylic acids is 1. The summed E-state index contributed by atoms with van der Waals surface area (Å²) in [6.07, 6.45) is 0.728. The number of hydrogen-bond acceptors (Lipinski definition) is 4. The summed E-state index contributed by atoms with van der Waals surface area (Å²) < 4.78 is 4.84. The van der Waals surface area contributed by atoms with Gasteiger partial charge in [-0.25, -0.2) is 0 Å². The number of phenolic OH excluding ortho intramolecular Hbond substituents is 2. The lowest BCUT2D eigenvalue weighted by molar-refractivity contribution is 0.0948. The van der Waals surface area contributed by atoms with E-state index in [0.717, 1.165) is 6.42 Å². The van der Waals surface area contributed by atoms with Gasteiger partial charge in [0.05, 0.1) is 0 Å². The molecule has 0 aromatic heterocycles. The monoisotopic (exact) mass is 225 g/mol. The van der Waals surface area contributed by atoms with Gasteiger partial charge in [0.25, 0.3) is 5.91 Å². The number of rotatable bonds is 5. The van der Waals surface area contributed by atoms with Crippen molar-refractivity contribution in [1.29, 1.82) is 0 Å². The first-order valence-electron chi connectivity index (χ1n) is 4.94. The van der Waals surface area contributed by atoms with Crippen molar-refractivity contribution in [1.82, 2.24) is 5.32 Å². The molecule has 0 saturated heterocycles. The number of nitrogens with one attached hydrogen (secondary N) is 1. The summed E-state index contributed by atoms with van der Waals surface area (Å²) in [6.45, 7) is 1.09. The van der Waals surface area contributed by atoms with Gasteiger partial charge in [-0.15, -0.1) is 0 Å². The highest BCUT2D eigenvalue weighted by Crippen LogP contribution is 2.24. The van der Waals surface area contributed by atoms with Gasteiger partial charge < -0.3 is 20.3 Å². The molecule has 0 aliphatic rings. The van der Waals surface area contributed by atoms with Crippen LogP contribution in [0.25, 0.3) is 0 Å². The molecular weight excluding hydrogens is 210 g/mol. The Hall–Kier alpha value is -1.75. The number of hydrogen-bond donors (Lipinski definition) is 3. The molecule has 1 amide bonds. The van der Waals surface area contributed by atoms with Crippen LogP contribution in [0, 0.1) is 0 Å². The summed E-state index contributed by atoms with van der Waals surface area (Å²) in [7, 11) is 1.60. The van der Waals surface area contributed by atoms with Crippen molar-refractivity contribution >= 4 is 5.91 Å². The molecule has 1 aromatic rings. The standard InChI is InChI=1S/C11H15NO4/c1-16-6-2-5-12-11(15)8-3-4-9(13)10(14)7-8/h3-4,7,13-14H,2,5-6H2,1H3,(H,12,15). The fourth-order valence-corrected chi connectivity index (χ4v) is 1.19. The van der Waals surface area contributed by atoms with Gasteiger partial charge in [0.15, 0.2) is 11.5 Å².